The largest absolute Gasteiger partial charge is 0.380 e. The van der Waals surface area contributed by atoms with Crippen LogP contribution in [-0.4, -0.2) is 51.7 Å². The number of rotatable bonds is 5. The van der Waals surface area contributed by atoms with E-state index in [9.17, 15) is 4.79 Å². The molecule has 3 unspecified atom stereocenters. The zero-order chi connectivity index (χ0) is 19.5. The van der Waals surface area contributed by atoms with Crippen LogP contribution in [0.3, 0.4) is 0 Å². The summed E-state index contributed by atoms with van der Waals surface area (Å²) in [6.45, 7) is 1.04. The van der Waals surface area contributed by atoms with E-state index < -0.39 is 0 Å². The minimum absolute atomic E-state index is 0.231. The van der Waals surface area contributed by atoms with Crippen LogP contribution in [0.2, 0.25) is 0 Å². The standard InChI is InChI=1S/C18H21N9O/c1-20-18(28)17-14(24-13-3-2-12-11(13)4-5-21-12)6-15(26-27-17)25-16-9-22-10(7-19)8-23-16/h6,8-9,11-13,21H,2-5H2,1H3,(H,20,28)(H2,23,24,25,26). The first-order valence-electron chi connectivity index (χ1n) is 9.27. The van der Waals surface area contributed by atoms with E-state index in [1.54, 1.807) is 13.1 Å². The third-order valence-corrected chi connectivity index (χ3v) is 5.31. The molecule has 1 saturated heterocycles. The van der Waals surface area contributed by atoms with Crippen molar-refractivity contribution in [3.63, 3.8) is 0 Å². The maximum atomic E-state index is 12.2. The fraction of sp³-hybridized carbons (Fsp3) is 0.444. The highest BCUT2D eigenvalue weighted by Crippen LogP contribution is 2.35. The van der Waals surface area contributed by atoms with E-state index in [4.69, 9.17) is 5.26 Å². The summed E-state index contributed by atoms with van der Waals surface area (Å²) in [5.74, 6) is 1.13. The summed E-state index contributed by atoms with van der Waals surface area (Å²) >= 11 is 0. The number of hydrogen-bond acceptors (Lipinski definition) is 9. The molecule has 0 radical (unpaired) electrons. The van der Waals surface area contributed by atoms with E-state index in [0.717, 1.165) is 25.8 Å². The van der Waals surface area contributed by atoms with Crippen LogP contribution >= 0.6 is 0 Å². The van der Waals surface area contributed by atoms with E-state index in [-0.39, 0.29) is 23.3 Å². The van der Waals surface area contributed by atoms with Crippen LogP contribution in [0.25, 0.3) is 0 Å². The molecular weight excluding hydrogens is 358 g/mol. The Labute approximate surface area is 162 Å². The zero-order valence-corrected chi connectivity index (χ0v) is 15.4. The topological polar surface area (TPSA) is 141 Å². The Balaban J connectivity index is 1.57. The number of carbonyl (C=O) groups excluding carboxylic acids is 1. The van der Waals surface area contributed by atoms with Gasteiger partial charge in [0.1, 0.15) is 11.9 Å². The first-order valence-corrected chi connectivity index (χ1v) is 9.27. The summed E-state index contributed by atoms with van der Waals surface area (Å²) in [4.78, 5) is 20.3. The fourth-order valence-electron chi connectivity index (χ4n) is 3.97. The second-order valence-corrected chi connectivity index (χ2v) is 6.94. The summed E-state index contributed by atoms with van der Waals surface area (Å²) < 4.78 is 0. The number of fused-ring (bicyclic) bond motifs is 1. The molecule has 3 atom stereocenters. The van der Waals surface area contributed by atoms with Gasteiger partial charge in [0, 0.05) is 25.2 Å². The maximum Gasteiger partial charge on any atom is 0.273 e. The van der Waals surface area contributed by atoms with Crippen molar-refractivity contribution in [2.75, 3.05) is 24.2 Å². The normalized spacial score (nSPS) is 22.9. The monoisotopic (exact) mass is 379 g/mol. The third kappa shape index (κ3) is 3.57. The van der Waals surface area contributed by atoms with Gasteiger partial charge in [0.05, 0.1) is 18.1 Å². The van der Waals surface area contributed by atoms with Crippen LogP contribution in [0.1, 0.15) is 35.4 Å². The lowest BCUT2D eigenvalue weighted by Crippen LogP contribution is -2.30. The summed E-state index contributed by atoms with van der Waals surface area (Å²) in [7, 11) is 1.57. The molecule has 2 aromatic rings. The number of anilines is 3. The number of nitrogens with zero attached hydrogens (tertiary/aromatic N) is 5. The molecule has 1 aliphatic heterocycles. The predicted molar refractivity (Wildman–Crippen MR) is 102 cm³/mol. The van der Waals surface area contributed by atoms with Crippen molar-refractivity contribution in [3.05, 3.63) is 29.8 Å². The SMILES string of the molecule is CNC(=O)c1nnc(Nc2cnc(C#N)cn2)cc1NC1CCC2NCCC21. The van der Waals surface area contributed by atoms with Gasteiger partial charge >= 0.3 is 0 Å². The second-order valence-electron chi connectivity index (χ2n) is 6.94. The minimum atomic E-state index is -0.293. The number of nitrogens with one attached hydrogen (secondary N) is 4. The Morgan fingerprint density at radius 3 is 2.86 bits per heavy atom. The smallest absolute Gasteiger partial charge is 0.273 e. The fourth-order valence-corrected chi connectivity index (χ4v) is 3.97. The average Bonchev–Trinajstić information content (AvgIpc) is 3.33. The lowest BCUT2D eigenvalue weighted by Gasteiger charge is -2.22. The van der Waals surface area contributed by atoms with Gasteiger partial charge in [0.2, 0.25) is 0 Å². The molecule has 2 fully saturated rings. The molecule has 0 spiro atoms. The van der Waals surface area contributed by atoms with Gasteiger partial charge in [-0.2, -0.15) is 5.26 Å². The van der Waals surface area contributed by atoms with Crippen molar-refractivity contribution >= 4 is 23.2 Å². The van der Waals surface area contributed by atoms with Crippen LogP contribution in [0.15, 0.2) is 18.5 Å². The van der Waals surface area contributed by atoms with Crippen LogP contribution in [0.5, 0.6) is 0 Å². The maximum absolute atomic E-state index is 12.2. The highest BCUT2D eigenvalue weighted by molar-refractivity contribution is 5.97. The summed E-state index contributed by atoms with van der Waals surface area (Å²) in [5, 5.41) is 29.7. The number of aromatic nitrogens is 4. The first kappa shape index (κ1) is 18.1. The molecule has 3 heterocycles. The third-order valence-electron chi connectivity index (χ3n) is 5.31. The minimum Gasteiger partial charge on any atom is -0.380 e. The Morgan fingerprint density at radius 2 is 2.11 bits per heavy atom. The van der Waals surface area contributed by atoms with E-state index >= 15 is 0 Å². The Kier molecular flexibility index (Phi) is 4.99. The molecule has 1 saturated carbocycles. The van der Waals surface area contributed by atoms with Gasteiger partial charge in [-0.25, -0.2) is 9.97 Å². The second kappa shape index (κ2) is 7.74. The Morgan fingerprint density at radius 1 is 1.21 bits per heavy atom. The Hall–Kier alpha value is -3.32. The van der Waals surface area contributed by atoms with Crippen LogP contribution in [-0.2, 0) is 0 Å². The molecular formula is C18H21N9O. The van der Waals surface area contributed by atoms with Crippen molar-refractivity contribution in [2.24, 2.45) is 5.92 Å². The van der Waals surface area contributed by atoms with Gasteiger partial charge in [-0.3, -0.25) is 4.79 Å². The van der Waals surface area contributed by atoms with Gasteiger partial charge in [-0.1, -0.05) is 0 Å². The van der Waals surface area contributed by atoms with Gasteiger partial charge in [-0.15, -0.1) is 10.2 Å². The molecule has 0 aromatic carbocycles. The molecule has 28 heavy (non-hydrogen) atoms. The molecule has 2 aliphatic rings. The molecule has 2 aromatic heterocycles. The summed E-state index contributed by atoms with van der Waals surface area (Å²) in [5.41, 5.74) is 1.12. The molecule has 1 amide bonds. The highest BCUT2D eigenvalue weighted by atomic mass is 16.1. The van der Waals surface area contributed by atoms with Gasteiger partial charge in [0.15, 0.2) is 17.2 Å². The average molecular weight is 379 g/mol. The molecule has 4 N–H and O–H groups in total. The Bertz CT molecular complexity index is 908. The highest BCUT2D eigenvalue weighted by Gasteiger charge is 2.39. The van der Waals surface area contributed by atoms with E-state index in [1.807, 2.05) is 6.07 Å². The van der Waals surface area contributed by atoms with E-state index in [0.29, 0.717) is 29.3 Å². The summed E-state index contributed by atoms with van der Waals surface area (Å²) in [6.07, 6.45) is 6.12. The molecule has 144 valence electrons. The summed E-state index contributed by atoms with van der Waals surface area (Å²) in [6, 6.07) is 4.51. The van der Waals surface area contributed by atoms with Crippen molar-refractivity contribution < 1.29 is 4.79 Å². The van der Waals surface area contributed by atoms with Crippen molar-refractivity contribution in [3.8, 4) is 6.07 Å². The van der Waals surface area contributed by atoms with Crippen LogP contribution in [0, 0.1) is 17.2 Å². The lowest BCUT2D eigenvalue weighted by molar-refractivity contribution is 0.0958. The first-order chi connectivity index (χ1) is 13.7. The van der Waals surface area contributed by atoms with Crippen molar-refractivity contribution in [2.45, 2.75) is 31.3 Å². The molecule has 1 aliphatic carbocycles. The predicted octanol–water partition coefficient (Wildman–Crippen LogP) is 0.794. The van der Waals surface area contributed by atoms with Gasteiger partial charge in [-0.05, 0) is 31.7 Å². The number of nitriles is 1. The lowest BCUT2D eigenvalue weighted by atomic mass is 9.99. The van der Waals surface area contributed by atoms with Crippen LogP contribution < -0.4 is 21.3 Å². The quantitative estimate of drug-likeness (QED) is 0.593. The number of hydrogen-bond donors (Lipinski definition) is 4. The number of amides is 1. The van der Waals surface area contributed by atoms with E-state index in [2.05, 4.69) is 41.4 Å². The van der Waals surface area contributed by atoms with Crippen molar-refractivity contribution in [1.29, 1.82) is 5.26 Å². The van der Waals surface area contributed by atoms with Gasteiger partial charge < -0.3 is 21.3 Å². The molecule has 0 bridgehead atoms. The van der Waals surface area contributed by atoms with Gasteiger partial charge in [0.25, 0.3) is 5.91 Å². The molecule has 10 heteroatoms. The number of carbonyl (C=O) groups is 1. The zero-order valence-electron chi connectivity index (χ0n) is 15.4. The van der Waals surface area contributed by atoms with E-state index in [1.165, 1.54) is 12.4 Å². The van der Waals surface area contributed by atoms with Crippen LogP contribution in [0.4, 0.5) is 17.3 Å². The molecule has 10 nitrogen and oxygen atoms in total. The van der Waals surface area contributed by atoms with Crippen molar-refractivity contribution in [1.82, 2.24) is 30.8 Å². The molecule has 4 rings (SSSR count).